The fourth-order valence-corrected chi connectivity index (χ4v) is 2.48. The minimum Gasteiger partial charge on any atom is -0.508 e. The van der Waals surface area contributed by atoms with Crippen molar-refractivity contribution in [1.29, 1.82) is 0 Å². The van der Waals surface area contributed by atoms with Crippen molar-refractivity contribution < 1.29 is 14.3 Å². The fourth-order valence-electron chi connectivity index (χ4n) is 2.48. The zero-order valence-electron chi connectivity index (χ0n) is 10.5. The third-order valence-electron chi connectivity index (χ3n) is 3.68. The summed E-state index contributed by atoms with van der Waals surface area (Å²) < 4.78 is 13.5. The molecule has 98 valence electrons. The number of aromatic hydroxyl groups is 1. The Hall–Kier alpha value is -1.58. The van der Waals surface area contributed by atoms with Crippen molar-refractivity contribution in [3.63, 3.8) is 0 Å². The molecule has 1 aromatic rings. The number of rotatable bonds is 3. The smallest absolute Gasteiger partial charge is 0.254 e. The first-order valence-electron chi connectivity index (χ1n) is 6.27. The minimum atomic E-state index is -0.691. The summed E-state index contributed by atoms with van der Waals surface area (Å²) in [5.41, 5.74) is 0.123. The number of hydrogen-bond donors (Lipinski definition) is 2. The lowest BCUT2D eigenvalue weighted by atomic mass is 9.89. The van der Waals surface area contributed by atoms with Crippen LogP contribution in [-0.2, 0) is 0 Å². The molecule has 1 aliphatic carbocycles. The van der Waals surface area contributed by atoms with Gasteiger partial charge in [0.05, 0.1) is 5.56 Å². The number of phenolic OH excluding ortho intramolecular Hbond substituents is 1. The summed E-state index contributed by atoms with van der Waals surface area (Å²) in [6, 6.07) is 3.57. The van der Waals surface area contributed by atoms with Crippen LogP contribution in [0.4, 0.5) is 4.39 Å². The highest BCUT2D eigenvalue weighted by Gasteiger charge is 2.29. The largest absolute Gasteiger partial charge is 0.508 e. The third-order valence-corrected chi connectivity index (χ3v) is 3.68. The lowest BCUT2D eigenvalue weighted by Crippen LogP contribution is -2.34. The van der Waals surface area contributed by atoms with Gasteiger partial charge in [-0.1, -0.05) is 19.8 Å². The Morgan fingerprint density at radius 1 is 1.44 bits per heavy atom. The molecule has 0 unspecified atom stereocenters. The van der Waals surface area contributed by atoms with E-state index in [1.54, 1.807) is 0 Å². The Balaban J connectivity index is 1.99. The van der Waals surface area contributed by atoms with E-state index in [-0.39, 0.29) is 16.7 Å². The molecule has 0 atom stereocenters. The molecule has 0 aromatic heterocycles. The van der Waals surface area contributed by atoms with Gasteiger partial charge >= 0.3 is 0 Å². The van der Waals surface area contributed by atoms with Gasteiger partial charge in [-0.25, -0.2) is 4.39 Å². The summed E-state index contributed by atoms with van der Waals surface area (Å²) in [7, 11) is 0. The Morgan fingerprint density at radius 3 is 2.72 bits per heavy atom. The fraction of sp³-hybridized carbons (Fsp3) is 0.500. The van der Waals surface area contributed by atoms with E-state index in [0.29, 0.717) is 6.54 Å². The maximum absolute atomic E-state index is 13.5. The predicted molar refractivity (Wildman–Crippen MR) is 67.0 cm³/mol. The molecule has 2 rings (SSSR count). The standard InChI is InChI=1S/C14H18FNO2/c1-14(6-2-3-7-14)9-16-13(18)11-5-4-10(17)8-12(11)15/h4-5,8,17H,2-3,6-7,9H2,1H3,(H,16,18). The predicted octanol–water partition coefficient (Wildman–Crippen LogP) is 2.84. The van der Waals surface area contributed by atoms with Gasteiger partial charge in [-0.3, -0.25) is 4.79 Å². The second-order valence-electron chi connectivity index (χ2n) is 5.36. The van der Waals surface area contributed by atoms with Crippen molar-refractivity contribution in [2.45, 2.75) is 32.6 Å². The van der Waals surface area contributed by atoms with Crippen molar-refractivity contribution in [3.05, 3.63) is 29.6 Å². The van der Waals surface area contributed by atoms with Crippen LogP contribution in [0.5, 0.6) is 5.75 Å². The average molecular weight is 251 g/mol. The molecule has 0 heterocycles. The summed E-state index contributed by atoms with van der Waals surface area (Å²) in [6.07, 6.45) is 4.59. The van der Waals surface area contributed by atoms with E-state index >= 15 is 0 Å². The van der Waals surface area contributed by atoms with Crippen LogP contribution in [0.2, 0.25) is 0 Å². The van der Waals surface area contributed by atoms with Crippen LogP contribution in [0.25, 0.3) is 0 Å². The highest BCUT2D eigenvalue weighted by molar-refractivity contribution is 5.94. The van der Waals surface area contributed by atoms with Crippen molar-refractivity contribution in [3.8, 4) is 5.75 Å². The zero-order chi connectivity index (χ0) is 13.2. The Bertz CT molecular complexity index is 453. The van der Waals surface area contributed by atoms with Crippen molar-refractivity contribution in [2.24, 2.45) is 5.41 Å². The van der Waals surface area contributed by atoms with Gasteiger partial charge in [0.1, 0.15) is 11.6 Å². The summed E-state index contributed by atoms with van der Waals surface area (Å²) in [5, 5.41) is 11.9. The molecule has 3 nitrogen and oxygen atoms in total. The zero-order valence-corrected chi connectivity index (χ0v) is 10.5. The van der Waals surface area contributed by atoms with Crippen molar-refractivity contribution in [1.82, 2.24) is 5.32 Å². The van der Waals surface area contributed by atoms with Crippen molar-refractivity contribution >= 4 is 5.91 Å². The van der Waals surface area contributed by atoms with Crippen LogP contribution < -0.4 is 5.32 Å². The van der Waals surface area contributed by atoms with E-state index in [1.807, 2.05) is 0 Å². The van der Waals surface area contributed by atoms with Crippen LogP contribution in [-0.4, -0.2) is 17.6 Å². The minimum absolute atomic E-state index is 0.0191. The monoisotopic (exact) mass is 251 g/mol. The van der Waals surface area contributed by atoms with Crippen LogP contribution in [0, 0.1) is 11.2 Å². The van der Waals surface area contributed by atoms with Crippen LogP contribution in [0.3, 0.4) is 0 Å². The third kappa shape index (κ3) is 2.81. The molecular weight excluding hydrogens is 233 g/mol. The van der Waals surface area contributed by atoms with Crippen LogP contribution in [0.1, 0.15) is 43.0 Å². The van der Waals surface area contributed by atoms with Gasteiger partial charge in [0.15, 0.2) is 0 Å². The highest BCUT2D eigenvalue weighted by Crippen LogP contribution is 2.36. The molecule has 1 aromatic carbocycles. The van der Waals surface area contributed by atoms with Gasteiger partial charge in [0.25, 0.3) is 5.91 Å². The van der Waals surface area contributed by atoms with E-state index < -0.39 is 11.7 Å². The molecule has 1 saturated carbocycles. The lowest BCUT2D eigenvalue weighted by molar-refractivity contribution is 0.0930. The first-order chi connectivity index (χ1) is 8.50. The van der Waals surface area contributed by atoms with Gasteiger partial charge in [-0.2, -0.15) is 0 Å². The van der Waals surface area contributed by atoms with E-state index in [2.05, 4.69) is 12.2 Å². The molecule has 1 amide bonds. The quantitative estimate of drug-likeness (QED) is 0.867. The molecule has 18 heavy (non-hydrogen) atoms. The number of halogens is 1. The van der Waals surface area contributed by atoms with Gasteiger partial charge in [0, 0.05) is 12.6 Å². The van der Waals surface area contributed by atoms with E-state index in [4.69, 9.17) is 5.11 Å². The number of nitrogens with one attached hydrogen (secondary N) is 1. The number of amides is 1. The first kappa shape index (κ1) is 12.9. The first-order valence-corrected chi connectivity index (χ1v) is 6.27. The number of carbonyl (C=O) groups is 1. The second kappa shape index (κ2) is 4.96. The average Bonchev–Trinajstić information content (AvgIpc) is 2.74. The maximum atomic E-state index is 13.5. The lowest BCUT2D eigenvalue weighted by Gasteiger charge is -2.23. The number of phenols is 1. The van der Waals surface area contributed by atoms with Crippen molar-refractivity contribution in [2.75, 3.05) is 6.54 Å². The molecular formula is C14H18FNO2. The maximum Gasteiger partial charge on any atom is 0.254 e. The molecule has 4 heteroatoms. The van der Waals surface area contributed by atoms with Crippen LogP contribution in [0.15, 0.2) is 18.2 Å². The molecule has 1 aliphatic rings. The normalized spacial score (nSPS) is 17.7. The summed E-state index contributed by atoms with van der Waals surface area (Å²) in [6.45, 7) is 2.72. The Labute approximate surface area is 106 Å². The van der Waals surface area contributed by atoms with E-state index in [1.165, 1.54) is 25.0 Å². The summed E-state index contributed by atoms with van der Waals surface area (Å²) in [4.78, 5) is 11.8. The molecule has 2 N–H and O–H groups in total. The van der Waals surface area contributed by atoms with Gasteiger partial charge in [-0.05, 0) is 30.4 Å². The highest BCUT2D eigenvalue weighted by atomic mass is 19.1. The van der Waals surface area contributed by atoms with Gasteiger partial charge in [0.2, 0.25) is 0 Å². The van der Waals surface area contributed by atoms with E-state index in [9.17, 15) is 9.18 Å². The number of benzene rings is 1. The molecule has 0 spiro atoms. The summed E-state index contributed by atoms with van der Waals surface area (Å²) in [5.74, 6) is -1.28. The van der Waals surface area contributed by atoms with Gasteiger partial charge in [-0.15, -0.1) is 0 Å². The molecule has 1 fully saturated rings. The molecule has 0 aliphatic heterocycles. The van der Waals surface area contributed by atoms with E-state index in [0.717, 1.165) is 18.9 Å². The van der Waals surface area contributed by atoms with Crippen LogP contribution >= 0.6 is 0 Å². The Kier molecular flexibility index (Phi) is 3.55. The second-order valence-corrected chi connectivity index (χ2v) is 5.36. The molecule has 0 radical (unpaired) electrons. The molecule has 0 saturated heterocycles. The summed E-state index contributed by atoms with van der Waals surface area (Å²) >= 11 is 0. The Morgan fingerprint density at radius 2 is 2.11 bits per heavy atom. The number of hydrogen-bond acceptors (Lipinski definition) is 2. The topological polar surface area (TPSA) is 49.3 Å². The van der Waals surface area contributed by atoms with Gasteiger partial charge < -0.3 is 10.4 Å². The molecule has 0 bridgehead atoms. The number of carbonyl (C=O) groups excluding carboxylic acids is 1. The SMILES string of the molecule is CC1(CNC(=O)c2ccc(O)cc2F)CCCC1.